The number of halogens is 2. The predicted molar refractivity (Wildman–Crippen MR) is 66.8 cm³/mol. The van der Waals surface area contributed by atoms with E-state index >= 15 is 0 Å². The molecule has 0 fully saturated rings. The van der Waals surface area contributed by atoms with Crippen LogP contribution in [-0.4, -0.2) is 10.2 Å². The predicted octanol–water partition coefficient (Wildman–Crippen LogP) is 3.43. The Bertz CT molecular complexity index is 517. The Kier molecular flexibility index (Phi) is 3.33. The van der Waals surface area contributed by atoms with Crippen molar-refractivity contribution < 1.29 is 4.39 Å². The molecule has 0 bridgehead atoms. The van der Waals surface area contributed by atoms with Crippen molar-refractivity contribution in [3.8, 4) is 0 Å². The Morgan fingerprint density at radius 2 is 2.18 bits per heavy atom. The van der Waals surface area contributed by atoms with E-state index in [0.29, 0.717) is 12.2 Å². The van der Waals surface area contributed by atoms with Crippen molar-refractivity contribution in [3.05, 3.63) is 46.0 Å². The highest BCUT2D eigenvalue weighted by molar-refractivity contribution is 6.31. The monoisotopic (exact) mass is 253 g/mol. The fourth-order valence-corrected chi connectivity index (χ4v) is 1.83. The van der Waals surface area contributed by atoms with Gasteiger partial charge >= 0.3 is 0 Å². The van der Waals surface area contributed by atoms with Crippen LogP contribution in [0, 0.1) is 19.7 Å². The lowest BCUT2D eigenvalue weighted by Crippen LogP contribution is -2.03. The van der Waals surface area contributed by atoms with E-state index in [1.807, 2.05) is 13.8 Å². The van der Waals surface area contributed by atoms with Crippen molar-refractivity contribution in [2.24, 2.45) is 0 Å². The Morgan fingerprint density at radius 3 is 2.82 bits per heavy atom. The third-order valence-corrected chi connectivity index (χ3v) is 2.98. The number of nitrogens with zero attached hydrogens (tertiary/aromatic N) is 1. The summed E-state index contributed by atoms with van der Waals surface area (Å²) in [5.74, 6) is -0.423. The molecule has 1 heterocycles. The van der Waals surface area contributed by atoms with Crippen molar-refractivity contribution in [3.63, 3.8) is 0 Å². The standard InChI is InChI=1S/C12H13ClFN3/c1-7-9(8(2)17-16-7)6-15-11-5-3-4-10(13)12(11)14/h3-5,15H,6H2,1-2H3,(H,16,17). The maximum atomic E-state index is 13.6. The SMILES string of the molecule is Cc1n[nH]c(C)c1CNc1cccc(Cl)c1F. The third kappa shape index (κ3) is 2.42. The number of aromatic amines is 1. The van der Waals surface area contributed by atoms with Gasteiger partial charge in [0.15, 0.2) is 5.82 Å². The van der Waals surface area contributed by atoms with Gasteiger partial charge in [-0.2, -0.15) is 5.10 Å². The minimum Gasteiger partial charge on any atom is -0.378 e. The topological polar surface area (TPSA) is 40.7 Å². The summed E-state index contributed by atoms with van der Waals surface area (Å²) in [4.78, 5) is 0. The second-order valence-corrected chi connectivity index (χ2v) is 4.27. The summed E-state index contributed by atoms with van der Waals surface area (Å²) in [6, 6.07) is 4.89. The zero-order valence-electron chi connectivity index (χ0n) is 9.64. The fraction of sp³-hybridized carbons (Fsp3) is 0.250. The van der Waals surface area contributed by atoms with E-state index in [1.165, 1.54) is 6.07 Å². The number of benzene rings is 1. The van der Waals surface area contributed by atoms with Crippen LogP contribution < -0.4 is 5.32 Å². The molecule has 2 rings (SSSR count). The van der Waals surface area contributed by atoms with Gasteiger partial charge in [-0.3, -0.25) is 5.10 Å². The van der Waals surface area contributed by atoms with Gasteiger partial charge < -0.3 is 5.32 Å². The van der Waals surface area contributed by atoms with Crippen LogP contribution in [0.2, 0.25) is 5.02 Å². The number of aryl methyl sites for hydroxylation is 2. The molecule has 2 aromatic rings. The molecule has 0 atom stereocenters. The van der Waals surface area contributed by atoms with E-state index in [-0.39, 0.29) is 5.02 Å². The van der Waals surface area contributed by atoms with E-state index < -0.39 is 5.82 Å². The lowest BCUT2D eigenvalue weighted by atomic mass is 10.2. The quantitative estimate of drug-likeness (QED) is 0.880. The molecule has 0 aliphatic heterocycles. The maximum Gasteiger partial charge on any atom is 0.164 e. The van der Waals surface area contributed by atoms with Crippen molar-refractivity contribution in [1.82, 2.24) is 10.2 Å². The van der Waals surface area contributed by atoms with Crippen molar-refractivity contribution >= 4 is 17.3 Å². The Morgan fingerprint density at radius 1 is 1.41 bits per heavy atom. The van der Waals surface area contributed by atoms with Crippen LogP contribution in [0.1, 0.15) is 17.0 Å². The van der Waals surface area contributed by atoms with Gasteiger partial charge in [0, 0.05) is 17.8 Å². The summed E-state index contributed by atoms with van der Waals surface area (Å²) in [7, 11) is 0. The second-order valence-electron chi connectivity index (χ2n) is 3.87. The highest BCUT2D eigenvalue weighted by Gasteiger charge is 2.09. The molecule has 3 nitrogen and oxygen atoms in total. The number of nitrogens with one attached hydrogen (secondary N) is 2. The zero-order valence-corrected chi connectivity index (χ0v) is 10.4. The molecule has 0 amide bonds. The van der Waals surface area contributed by atoms with E-state index in [0.717, 1.165) is 17.0 Å². The van der Waals surface area contributed by atoms with E-state index in [4.69, 9.17) is 11.6 Å². The second kappa shape index (κ2) is 4.75. The van der Waals surface area contributed by atoms with Gasteiger partial charge in [0.2, 0.25) is 0 Å². The lowest BCUT2D eigenvalue weighted by molar-refractivity contribution is 0.630. The fourth-order valence-electron chi connectivity index (χ4n) is 1.66. The van der Waals surface area contributed by atoms with Crippen LogP contribution in [0.3, 0.4) is 0 Å². The van der Waals surface area contributed by atoms with Crippen LogP contribution in [0.5, 0.6) is 0 Å². The Labute approximate surface area is 104 Å². The number of aromatic nitrogens is 2. The molecule has 1 aromatic carbocycles. The molecule has 0 saturated carbocycles. The highest BCUT2D eigenvalue weighted by atomic mass is 35.5. The molecule has 0 unspecified atom stereocenters. The molecule has 0 radical (unpaired) electrons. The minimum absolute atomic E-state index is 0.121. The Hall–Kier alpha value is -1.55. The van der Waals surface area contributed by atoms with E-state index in [2.05, 4.69) is 15.5 Å². The molecule has 90 valence electrons. The smallest absolute Gasteiger partial charge is 0.164 e. The van der Waals surface area contributed by atoms with Gasteiger partial charge in [-0.15, -0.1) is 0 Å². The average molecular weight is 254 g/mol. The van der Waals surface area contributed by atoms with Gasteiger partial charge in [-0.25, -0.2) is 4.39 Å². The van der Waals surface area contributed by atoms with Gasteiger partial charge in [0.25, 0.3) is 0 Å². The molecule has 2 N–H and O–H groups in total. The number of hydrogen-bond donors (Lipinski definition) is 2. The summed E-state index contributed by atoms with van der Waals surface area (Å²) < 4.78 is 13.6. The van der Waals surface area contributed by atoms with Crippen molar-refractivity contribution in [1.29, 1.82) is 0 Å². The molecule has 1 aromatic heterocycles. The van der Waals surface area contributed by atoms with Crippen LogP contribution >= 0.6 is 11.6 Å². The van der Waals surface area contributed by atoms with Crippen molar-refractivity contribution in [2.45, 2.75) is 20.4 Å². The molecule has 5 heteroatoms. The first-order valence-electron chi connectivity index (χ1n) is 5.28. The molecule has 0 spiro atoms. The molecule has 0 saturated heterocycles. The third-order valence-electron chi connectivity index (χ3n) is 2.69. The molecular formula is C12H13ClFN3. The molecule has 0 aliphatic carbocycles. The van der Waals surface area contributed by atoms with Crippen LogP contribution in [-0.2, 0) is 6.54 Å². The number of anilines is 1. The first-order valence-corrected chi connectivity index (χ1v) is 5.65. The summed E-state index contributed by atoms with van der Waals surface area (Å²) in [6.45, 7) is 4.37. The first-order chi connectivity index (χ1) is 8.09. The number of rotatable bonds is 3. The Balaban J connectivity index is 2.15. The molecular weight excluding hydrogens is 241 g/mol. The molecule has 17 heavy (non-hydrogen) atoms. The maximum absolute atomic E-state index is 13.6. The van der Waals surface area contributed by atoms with Gasteiger partial charge in [0.05, 0.1) is 16.4 Å². The number of hydrogen-bond acceptors (Lipinski definition) is 2. The first kappa shape index (κ1) is 11.9. The van der Waals surface area contributed by atoms with Gasteiger partial charge in [-0.1, -0.05) is 17.7 Å². The normalized spacial score (nSPS) is 10.6. The van der Waals surface area contributed by atoms with Gasteiger partial charge in [-0.05, 0) is 26.0 Å². The van der Waals surface area contributed by atoms with E-state index in [1.54, 1.807) is 12.1 Å². The van der Waals surface area contributed by atoms with Crippen LogP contribution in [0.4, 0.5) is 10.1 Å². The summed E-state index contributed by atoms with van der Waals surface area (Å²) in [5, 5.41) is 10.1. The summed E-state index contributed by atoms with van der Waals surface area (Å²) in [6.07, 6.45) is 0. The highest BCUT2D eigenvalue weighted by Crippen LogP contribution is 2.23. The summed E-state index contributed by atoms with van der Waals surface area (Å²) in [5.41, 5.74) is 3.34. The number of H-pyrrole nitrogens is 1. The lowest BCUT2D eigenvalue weighted by Gasteiger charge is -2.08. The van der Waals surface area contributed by atoms with Gasteiger partial charge in [0.1, 0.15) is 0 Å². The average Bonchev–Trinajstić information content (AvgIpc) is 2.62. The summed E-state index contributed by atoms with van der Waals surface area (Å²) >= 11 is 5.70. The largest absolute Gasteiger partial charge is 0.378 e. The van der Waals surface area contributed by atoms with Crippen LogP contribution in [0.25, 0.3) is 0 Å². The zero-order chi connectivity index (χ0) is 12.4. The van der Waals surface area contributed by atoms with Crippen molar-refractivity contribution in [2.75, 3.05) is 5.32 Å². The molecule has 0 aliphatic rings. The van der Waals surface area contributed by atoms with Crippen LogP contribution in [0.15, 0.2) is 18.2 Å². The van der Waals surface area contributed by atoms with E-state index in [9.17, 15) is 4.39 Å². The minimum atomic E-state index is -0.423.